The number of hydrogen-bond acceptors (Lipinski definition) is 3. The highest BCUT2D eigenvalue weighted by atomic mass is 32.2. The highest BCUT2D eigenvalue weighted by molar-refractivity contribution is 8.00. The molecule has 20 heavy (non-hydrogen) atoms. The van der Waals surface area contributed by atoms with Gasteiger partial charge in [0.25, 0.3) is 0 Å². The Balaban J connectivity index is 1.90. The molecule has 1 saturated heterocycles. The summed E-state index contributed by atoms with van der Waals surface area (Å²) in [7, 11) is 0. The van der Waals surface area contributed by atoms with Crippen molar-refractivity contribution in [3.05, 3.63) is 35.4 Å². The molecule has 0 aliphatic carbocycles. The van der Waals surface area contributed by atoms with Gasteiger partial charge in [-0.25, -0.2) is 0 Å². The van der Waals surface area contributed by atoms with Gasteiger partial charge in [0.1, 0.15) is 0 Å². The average molecular weight is 293 g/mol. The molecule has 1 aliphatic heterocycles. The molecule has 1 fully saturated rings. The smallest absolute Gasteiger partial charge is 0.0666 e. The molecule has 0 spiro atoms. The predicted molar refractivity (Wildman–Crippen MR) is 88.3 cm³/mol. The fraction of sp³-hybridized carbons (Fsp3) is 0.647. The van der Waals surface area contributed by atoms with Crippen molar-refractivity contribution in [2.45, 2.75) is 56.9 Å². The highest BCUT2D eigenvalue weighted by Crippen LogP contribution is 2.30. The molecule has 0 saturated carbocycles. The first-order valence-corrected chi connectivity index (χ1v) is 8.52. The van der Waals surface area contributed by atoms with Crippen LogP contribution in [0.3, 0.4) is 0 Å². The number of benzene rings is 1. The van der Waals surface area contributed by atoms with Crippen LogP contribution in [0, 0.1) is 0 Å². The topological polar surface area (TPSA) is 35.2 Å². The summed E-state index contributed by atoms with van der Waals surface area (Å²) in [6, 6.07) is 8.89. The molecule has 0 radical (unpaired) electrons. The summed E-state index contributed by atoms with van der Waals surface area (Å²) in [5.41, 5.74) is 9.11. The second-order valence-corrected chi connectivity index (χ2v) is 7.99. The first-order valence-electron chi connectivity index (χ1n) is 7.47. The summed E-state index contributed by atoms with van der Waals surface area (Å²) in [6.07, 6.45) is 1.53. The summed E-state index contributed by atoms with van der Waals surface area (Å²) >= 11 is 1.95. The van der Waals surface area contributed by atoms with Crippen molar-refractivity contribution >= 4 is 11.8 Å². The van der Waals surface area contributed by atoms with E-state index in [0.29, 0.717) is 11.4 Å². The van der Waals surface area contributed by atoms with Crippen LogP contribution in [0.25, 0.3) is 0 Å². The molecule has 1 aliphatic rings. The molecular weight excluding hydrogens is 266 g/mol. The Hall–Kier alpha value is -0.510. The Labute approximate surface area is 127 Å². The molecule has 112 valence electrons. The van der Waals surface area contributed by atoms with Gasteiger partial charge in [-0.1, -0.05) is 45.0 Å². The summed E-state index contributed by atoms with van der Waals surface area (Å²) in [6.45, 7) is 9.76. The van der Waals surface area contributed by atoms with Crippen molar-refractivity contribution in [2.24, 2.45) is 5.73 Å². The lowest BCUT2D eigenvalue weighted by Gasteiger charge is -2.21. The summed E-state index contributed by atoms with van der Waals surface area (Å²) in [4.78, 5) is 0. The Morgan fingerprint density at radius 1 is 1.30 bits per heavy atom. The first-order chi connectivity index (χ1) is 9.38. The van der Waals surface area contributed by atoms with Gasteiger partial charge in [-0.15, -0.1) is 0 Å². The van der Waals surface area contributed by atoms with E-state index in [1.165, 1.54) is 11.1 Å². The number of ether oxygens (including phenoxy) is 1. The molecule has 3 heteroatoms. The van der Waals surface area contributed by atoms with Crippen LogP contribution in [-0.4, -0.2) is 23.7 Å². The van der Waals surface area contributed by atoms with E-state index in [1.54, 1.807) is 0 Å². The van der Waals surface area contributed by atoms with Crippen LogP contribution in [0.4, 0.5) is 0 Å². The molecule has 2 N–H and O–H groups in total. The van der Waals surface area contributed by atoms with E-state index in [-0.39, 0.29) is 11.5 Å². The van der Waals surface area contributed by atoms with E-state index in [9.17, 15) is 0 Å². The number of hydrogen-bond donors (Lipinski definition) is 1. The molecule has 3 unspecified atom stereocenters. The maximum atomic E-state index is 6.32. The SMILES string of the molecule is CC1OCCC1SCC(N)c1ccc(C(C)(C)C)cc1. The minimum Gasteiger partial charge on any atom is -0.377 e. The lowest BCUT2D eigenvalue weighted by Crippen LogP contribution is -2.19. The van der Waals surface area contributed by atoms with Crippen LogP contribution in [0.5, 0.6) is 0 Å². The van der Waals surface area contributed by atoms with Crippen molar-refractivity contribution in [2.75, 3.05) is 12.4 Å². The normalized spacial score (nSPS) is 24.9. The van der Waals surface area contributed by atoms with Crippen molar-refractivity contribution in [1.82, 2.24) is 0 Å². The fourth-order valence-corrected chi connectivity index (χ4v) is 3.74. The fourth-order valence-electron chi connectivity index (χ4n) is 2.48. The van der Waals surface area contributed by atoms with Crippen LogP contribution >= 0.6 is 11.8 Å². The molecule has 1 aromatic rings. The summed E-state index contributed by atoms with van der Waals surface area (Å²) < 4.78 is 5.59. The van der Waals surface area contributed by atoms with Gasteiger partial charge in [-0.3, -0.25) is 0 Å². The maximum Gasteiger partial charge on any atom is 0.0666 e. The zero-order chi connectivity index (χ0) is 14.8. The van der Waals surface area contributed by atoms with Crippen LogP contribution in [0.1, 0.15) is 51.3 Å². The maximum absolute atomic E-state index is 6.32. The van der Waals surface area contributed by atoms with Crippen molar-refractivity contribution in [3.63, 3.8) is 0 Å². The van der Waals surface area contributed by atoms with Crippen molar-refractivity contribution in [1.29, 1.82) is 0 Å². The third-order valence-electron chi connectivity index (χ3n) is 4.00. The number of nitrogens with two attached hydrogens (primary N) is 1. The second-order valence-electron chi connectivity index (χ2n) is 6.71. The molecular formula is C17H27NOS. The Morgan fingerprint density at radius 2 is 1.95 bits per heavy atom. The van der Waals surface area contributed by atoms with Gasteiger partial charge >= 0.3 is 0 Å². The third kappa shape index (κ3) is 4.00. The molecule has 0 amide bonds. The molecule has 1 heterocycles. The zero-order valence-corrected chi connectivity index (χ0v) is 13.9. The summed E-state index contributed by atoms with van der Waals surface area (Å²) in [5, 5.41) is 0.606. The van der Waals surface area contributed by atoms with E-state index in [4.69, 9.17) is 10.5 Å². The number of rotatable bonds is 4. The quantitative estimate of drug-likeness (QED) is 0.914. The zero-order valence-electron chi connectivity index (χ0n) is 13.1. The summed E-state index contributed by atoms with van der Waals surface area (Å²) in [5.74, 6) is 0.966. The van der Waals surface area contributed by atoms with E-state index in [2.05, 4.69) is 52.0 Å². The first kappa shape index (κ1) is 15.9. The standard InChI is InChI=1S/C17H27NOS/c1-12-16(9-10-19-12)20-11-15(18)13-5-7-14(8-6-13)17(2,3)4/h5-8,12,15-16H,9-11,18H2,1-4H3. The monoisotopic (exact) mass is 293 g/mol. The van der Waals surface area contributed by atoms with Crippen LogP contribution in [-0.2, 0) is 10.2 Å². The minimum absolute atomic E-state index is 0.113. The lowest BCUT2D eigenvalue weighted by atomic mass is 9.86. The molecule has 0 bridgehead atoms. The predicted octanol–water partition coefficient (Wildman–Crippen LogP) is 3.89. The Kier molecular flexibility index (Phi) is 5.16. The second kappa shape index (κ2) is 6.50. The van der Waals surface area contributed by atoms with Crippen LogP contribution in [0.2, 0.25) is 0 Å². The van der Waals surface area contributed by atoms with Gasteiger partial charge in [0.05, 0.1) is 6.10 Å². The Morgan fingerprint density at radius 3 is 2.45 bits per heavy atom. The van der Waals surface area contributed by atoms with Gasteiger partial charge in [0, 0.05) is 23.7 Å². The molecule has 2 rings (SSSR count). The highest BCUT2D eigenvalue weighted by Gasteiger charge is 2.25. The van der Waals surface area contributed by atoms with Gasteiger partial charge in [-0.05, 0) is 29.9 Å². The minimum atomic E-state index is 0.113. The van der Waals surface area contributed by atoms with Gasteiger partial charge in [0.2, 0.25) is 0 Å². The van der Waals surface area contributed by atoms with Gasteiger partial charge in [-0.2, -0.15) is 11.8 Å². The third-order valence-corrected chi connectivity index (χ3v) is 5.60. The molecule has 0 aromatic heterocycles. The molecule has 2 nitrogen and oxygen atoms in total. The average Bonchev–Trinajstić information content (AvgIpc) is 2.81. The van der Waals surface area contributed by atoms with Crippen molar-refractivity contribution in [3.8, 4) is 0 Å². The lowest BCUT2D eigenvalue weighted by molar-refractivity contribution is 0.127. The van der Waals surface area contributed by atoms with Crippen molar-refractivity contribution < 1.29 is 4.74 Å². The van der Waals surface area contributed by atoms with Crippen LogP contribution < -0.4 is 5.73 Å². The number of thioether (sulfide) groups is 1. The van der Waals surface area contributed by atoms with Gasteiger partial charge < -0.3 is 10.5 Å². The van der Waals surface area contributed by atoms with E-state index in [0.717, 1.165) is 18.8 Å². The molecule has 3 atom stereocenters. The van der Waals surface area contributed by atoms with E-state index >= 15 is 0 Å². The largest absolute Gasteiger partial charge is 0.377 e. The van der Waals surface area contributed by atoms with Crippen LogP contribution in [0.15, 0.2) is 24.3 Å². The molecule has 1 aromatic carbocycles. The van der Waals surface area contributed by atoms with E-state index in [1.807, 2.05) is 11.8 Å². The Bertz CT molecular complexity index is 424. The van der Waals surface area contributed by atoms with E-state index < -0.39 is 0 Å². The van der Waals surface area contributed by atoms with Gasteiger partial charge in [0.15, 0.2) is 0 Å².